The van der Waals surface area contributed by atoms with Gasteiger partial charge in [0.2, 0.25) is 5.88 Å². The molecule has 3 rings (SSSR count). The van der Waals surface area contributed by atoms with E-state index >= 15 is 0 Å². The van der Waals surface area contributed by atoms with E-state index in [-0.39, 0.29) is 5.92 Å². The fourth-order valence-corrected chi connectivity index (χ4v) is 3.58. The van der Waals surface area contributed by atoms with E-state index in [0.717, 1.165) is 36.4 Å². The molecule has 1 heterocycles. The molecule has 0 aliphatic heterocycles. The largest absolute Gasteiger partial charge is 0.347 e. The first kappa shape index (κ1) is 13.8. The van der Waals surface area contributed by atoms with Crippen molar-refractivity contribution in [2.75, 3.05) is 19.0 Å². The number of benzene rings is 1. The second-order valence-corrected chi connectivity index (χ2v) is 6.14. The van der Waals surface area contributed by atoms with Crippen LogP contribution < -0.4 is 4.90 Å². The minimum absolute atomic E-state index is 0.123. The number of hydrogen-bond acceptors (Lipinski definition) is 3. The average Bonchev–Trinajstić information content (AvgIpc) is 2.83. The first-order valence-corrected chi connectivity index (χ1v) is 7.45. The lowest BCUT2D eigenvalue weighted by Crippen LogP contribution is -2.15. The van der Waals surface area contributed by atoms with E-state index in [4.69, 9.17) is 27.7 Å². The van der Waals surface area contributed by atoms with E-state index < -0.39 is 0 Å². The van der Waals surface area contributed by atoms with Crippen molar-refractivity contribution in [2.24, 2.45) is 0 Å². The van der Waals surface area contributed by atoms with Gasteiger partial charge < -0.3 is 9.42 Å². The minimum atomic E-state index is 0.123. The maximum absolute atomic E-state index is 6.35. The molecular formula is C15H16Cl2N2O. The zero-order valence-electron chi connectivity index (χ0n) is 11.5. The molecule has 0 amide bonds. The second-order valence-electron chi connectivity index (χ2n) is 5.33. The predicted octanol–water partition coefficient (Wildman–Crippen LogP) is 4.52. The lowest BCUT2D eigenvalue weighted by atomic mass is 9.83. The standard InChI is InChI=1S/C15H16Cl2N2O/c1-19(2)15-10-6-3-5-9(14(10)18-20-15)13-11(16)7-4-8-12(13)17/h4,7-9H,3,5-6H2,1-2H3. The van der Waals surface area contributed by atoms with Crippen LogP contribution in [0.5, 0.6) is 0 Å². The first-order valence-electron chi connectivity index (χ1n) is 6.69. The molecule has 3 nitrogen and oxygen atoms in total. The maximum atomic E-state index is 6.35. The zero-order chi connectivity index (χ0) is 14.3. The van der Waals surface area contributed by atoms with Gasteiger partial charge in [-0.3, -0.25) is 0 Å². The summed E-state index contributed by atoms with van der Waals surface area (Å²) in [4.78, 5) is 1.96. The van der Waals surface area contributed by atoms with E-state index in [0.29, 0.717) is 10.0 Å². The number of anilines is 1. The third-order valence-electron chi connectivity index (χ3n) is 3.80. The van der Waals surface area contributed by atoms with Crippen LogP contribution in [0, 0.1) is 0 Å². The molecule has 0 saturated carbocycles. The quantitative estimate of drug-likeness (QED) is 0.817. The van der Waals surface area contributed by atoms with Crippen molar-refractivity contribution in [2.45, 2.75) is 25.2 Å². The number of halogens is 2. The Balaban J connectivity index is 2.11. The van der Waals surface area contributed by atoms with Crippen molar-refractivity contribution < 1.29 is 4.52 Å². The number of rotatable bonds is 2. The van der Waals surface area contributed by atoms with Gasteiger partial charge >= 0.3 is 0 Å². The van der Waals surface area contributed by atoms with E-state index in [1.807, 2.05) is 37.2 Å². The SMILES string of the molecule is CN(C)c1onc2c1CCCC2c1c(Cl)cccc1Cl. The van der Waals surface area contributed by atoms with Crippen molar-refractivity contribution in [3.05, 3.63) is 45.1 Å². The Morgan fingerprint density at radius 2 is 1.95 bits per heavy atom. The van der Waals surface area contributed by atoms with Crippen LogP contribution in [0.3, 0.4) is 0 Å². The number of fused-ring (bicyclic) bond motifs is 1. The zero-order valence-corrected chi connectivity index (χ0v) is 13.0. The topological polar surface area (TPSA) is 29.3 Å². The molecule has 2 aromatic rings. The van der Waals surface area contributed by atoms with Gasteiger partial charge in [0.15, 0.2) is 0 Å². The highest BCUT2D eigenvalue weighted by atomic mass is 35.5. The van der Waals surface area contributed by atoms with Gasteiger partial charge in [0.05, 0.1) is 5.69 Å². The second kappa shape index (κ2) is 5.30. The van der Waals surface area contributed by atoms with Crippen molar-refractivity contribution in [3.63, 3.8) is 0 Å². The summed E-state index contributed by atoms with van der Waals surface area (Å²) in [5.74, 6) is 0.963. The van der Waals surface area contributed by atoms with E-state index in [2.05, 4.69) is 5.16 Å². The monoisotopic (exact) mass is 310 g/mol. The number of hydrogen-bond donors (Lipinski definition) is 0. The summed E-state index contributed by atoms with van der Waals surface area (Å²) >= 11 is 12.7. The molecule has 0 fully saturated rings. The smallest absolute Gasteiger partial charge is 0.230 e. The van der Waals surface area contributed by atoms with Crippen LogP contribution in [-0.2, 0) is 6.42 Å². The summed E-state index contributed by atoms with van der Waals surface area (Å²) in [6.45, 7) is 0. The average molecular weight is 311 g/mol. The van der Waals surface area contributed by atoms with Gasteiger partial charge in [0, 0.05) is 35.6 Å². The van der Waals surface area contributed by atoms with Gasteiger partial charge in [0.25, 0.3) is 0 Å². The maximum Gasteiger partial charge on any atom is 0.230 e. The molecule has 0 spiro atoms. The molecular weight excluding hydrogens is 295 g/mol. The molecule has 1 aromatic carbocycles. The Hall–Kier alpha value is -1.19. The van der Waals surface area contributed by atoms with Crippen LogP contribution in [0.4, 0.5) is 5.88 Å². The molecule has 106 valence electrons. The third kappa shape index (κ3) is 2.19. The summed E-state index contributed by atoms with van der Waals surface area (Å²) < 4.78 is 5.50. The lowest BCUT2D eigenvalue weighted by molar-refractivity contribution is 0.411. The van der Waals surface area contributed by atoms with Crippen LogP contribution in [-0.4, -0.2) is 19.3 Å². The molecule has 0 radical (unpaired) electrons. The van der Waals surface area contributed by atoms with Crippen molar-refractivity contribution in [3.8, 4) is 0 Å². The van der Waals surface area contributed by atoms with Gasteiger partial charge in [-0.1, -0.05) is 34.4 Å². The molecule has 1 atom stereocenters. The van der Waals surface area contributed by atoms with Gasteiger partial charge in [-0.05, 0) is 37.0 Å². The van der Waals surface area contributed by atoms with Crippen LogP contribution in [0.25, 0.3) is 0 Å². The van der Waals surface area contributed by atoms with Crippen molar-refractivity contribution >= 4 is 29.1 Å². The van der Waals surface area contributed by atoms with Crippen LogP contribution in [0.1, 0.15) is 35.6 Å². The Labute approximate surface area is 128 Å². The van der Waals surface area contributed by atoms with Gasteiger partial charge in [-0.2, -0.15) is 0 Å². The first-order chi connectivity index (χ1) is 9.59. The van der Waals surface area contributed by atoms with Gasteiger partial charge in [-0.25, -0.2) is 0 Å². The highest BCUT2D eigenvalue weighted by molar-refractivity contribution is 6.36. The molecule has 0 N–H and O–H groups in total. The van der Waals surface area contributed by atoms with E-state index in [1.165, 1.54) is 5.56 Å². The lowest BCUT2D eigenvalue weighted by Gasteiger charge is -2.23. The molecule has 1 unspecified atom stereocenters. The highest BCUT2D eigenvalue weighted by Crippen LogP contribution is 2.44. The van der Waals surface area contributed by atoms with Gasteiger partial charge in [0.1, 0.15) is 0 Å². The molecule has 5 heteroatoms. The van der Waals surface area contributed by atoms with Crippen molar-refractivity contribution in [1.82, 2.24) is 5.16 Å². The molecule has 1 aliphatic rings. The Morgan fingerprint density at radius 1 is 1.25 bits per heavy atom. The van der Waals surface area contributed by atoms with Crippen LogP contribution in [0.15, 0.2) is 22.7 Å². The van der Waals surface area contributed by atoms with E-state index in [9.17, 15) is 0 Å². The summed E-state index contributed by atoms with van der Waals surface area (Å²) in [5.41, 5.74) is 3.13. The number of nitrogens with zero attached hydrogens (tertiary/aromatic N) is 2. The fraction of sp³-hybridized carbons (Fsp3) is 0.400. The fourth-order valence-electron chi connectivity index (χ4n) is 2.92. The summed E-state index contributed by atoms with van der Waals surface area (Å²) in [6.07, 6.45) is 3.07. The third-order valence-corrected chi connectivity index (χ3v) is 4.46. The Morgan fingerprint density at radius 3 is 2.60 bits per heavy atom. The Bertz CT molecular complexity index is 617. The van der Waals surface area contributed by atoms with E-state index in [1.54, 1.807) is 0 Å². The molecule has 0 bridgehead atoms. The summed E-state index contributed by atoms with van der Waals surface area (Å²) in [7, 11) is 3.93. The van der Waals surface area contributed by atoms with Crippen LogP contribution in [0.2, 0.25) is 10.0 Å². The van der Waals surface area contributed by atoms with Crippen LogP contribution >= 0.6 is 23.2 Å². The molecule has 1 aromatic heterocycles. The molecule has 0 saturated heterocycles. The summed E-state index contributed by atoms with van der Waals surface area (Å²) in [6, 6.07) is 5.62. The molecule has 1 aliphatic carbocycles. The summed E-state index contributed by atoms with van der Waals surface area (Å²) in [5, 5.41) is 5.68. The normalized spacial score (nSPS) is 17.9. The molecule has 20 heavy (non-hydrogen) atoms. The predicted molar refractivity (Wildman–Crippen MR) is 82.1 cm³/mol. The van der Waals surface area contributed by atoms with Crippen molar-refractivity contribution in [1.29, 1.82) is 0 Å². The number of aromatic nitrogens is 1. The Kier molecular flexibility index (Phi) is 3.65. The minimum Gasteiger partial charge on any atom is -0.347 e. The highest BCUT2D eigenvalue weighted by Gasteiger charge is 2.31. The van der Waals surface area contributed by atoms with Gasteiger partial charge in [-0.15, -0.1) is 0 Å².